The molecule has 0 aliphatic carbocycles. The molecule has 0 radical (unpaired) electrons. The summed E-state index contributed by atoms with van der Waals surface area (Å²) in [6, 6.07) is 17.8. The Morgan fingerprint density at radius 3 is 2.22 bits per heavy atom. The molecule has 1 aliphatic heterocycles. The molecule has 0 aromatic heterocycles. The van der Waals surface area contributed by atoms with E-state index < -0.39 is 0 Å². The second-order valence-corrected chi connectivity index (χ2v) is 4.35. The summed E-state index contributed by atoms with van der Waals surface area (Å²) in [4.78, 5) is 13.8. The van der Waals surface area contributed by atoms with Crippen LogP contribution >= 0.6 is 0 Å². The van der Waals surface area contributed by atoms with Gasteiger partial charge in [-0.05, 0) is 17.7 Å². The molecule has 2 nitrogen and oxygen atoms in total. The molecule has 88 valence electrons. The van der Waals surface area contributed by atoms with E-state index >= 15 is 0 Å². The summed E-state index contributed by atoms with van der Waals surface area (Å²) in [6.07, 6.45) is 2.05. The summed E-state index contributed by atoms with van der Waals surface area (Å²) in [5.41, 5.74) is 3.85. The SMILES string of the molecule is CN1C(=O)c2ccccc2/C1=C\c1ccccc1. The Morgan fingerprint density at radius 2 is 1.50 bits per heavy atom. The first-order chi connectivity index (χ1) is 8.77. The van der Waals surface area contributed by atoms with E-state index in [1.807, 2.05) is 67.7 Å². The monoisotopic (exact) mass is 235 g/mol. The second kappa shape index (κ2) is 4.15. The highest BCUT2D eigenvalue weighted by atomic mass is 16.2. The summed E-state index contributed by atoms with van der Waals surface area (Å²) < 4.78 is 0. The molecule has 0 N–H and O–H groups in total. The number of rotatable bonds is 1. The van der Waals surface area contributed by atoms with E-state index in [1.165, 1.54) is 0 Å². The number of amides is 1. The lowest BCUT2D eigenvalue weighted by molar-refractivity contribution is 0.0875. The van der Waals surface area contributed by atoms with Crippen molar-refractivity contribution in [2.45, 2.75) is 0 Å². The Bertz CT molecular complexity index is 629. The fourth-order valence-corrected chi connectivity index (χ4v) is 2.25. The predicted octanol–water partition coefficient (Wildman–Crippen LogP) is 3.27. The van der Waals surface area contributed by atoms with Gasteiger partial charge < -0.3 is 4.90 Å². The molecule has 1 aliphatic rings. The van der Waals surface area contributed by atoms with Gasteiger partial charge in [-0.1, -0.05) is 48.5 Å². The number of carbonyl (C=O) groups excluding carboxylic acids is 1. The van der Waals surface area contributed by atoms with E-state index in [0.29, 0.717) is 0 Å². The van der Waals surface area contributed by atoms with Crippen molar-refractivity contribution < 1.29 is 4.79 Å². The number of hydrogen-bond donors (Lipinski definition) is 0. The van der Waals surface area contributed by atoms with Gasteiger partial charge in [0.05, 0.1) is 5.70 Å². The topological polar surface area (TPSA) is 20.3 Å². The number of benzene rings is 2. The average molecular weight is 235 g/mol. The lowest BCUT2D eigenvalue weighted by atomic mass is 10.1. The van der Waals surface area contributed by atoms with Gasteiger partial charge in [-0.3, -0.25) is 4.79 Å². The minimum Gasteiger partial charge on any atom is -0.311 e. The minimum absolute atomic E-state index is 0.0628. The number of hydrogen-bond acceptors (Lipinski definition) is 1. The van der Waals surface area contributed by atoms with Crippen molar-refractivity contribution in [1.82, 2.24) is 4.90 Å². The zero-order valence-electron chi connectivity index (χ0n) is 10.1. The standard InChI is InChI=1S/C16H13NO/c1-17-15(11-12-7-3-2-4-8-12)13-9-5-6-10-14(13)16(17)18/h2-11H,1H3/b15-11+. The van der Waals surface area contributed by atoms with Crippen molar-refractivity contribution in [3.05, 3.63) is 71.3 Å². The Labute approximate surface area is 106 Å². The maximum atomic E-state index is 12.1. The van der Waals surface area contributed by atoms with E-state index in [2.05, 4.69) is 0 Å². The van der Waals surface area contributed by atoms with E-state index in [1.54, 1.807) is 4.90 Å². The van der Waals surface area contributed by atoms with Gasteiger partial charge in [-0.15, -0.1) is 0 Å². The van der Waals surface area contributed by atoms with Crippen LogP contribution in [0.2, 0.25) is 0 Å². The van der Waals surface area contributed by atoms with Crippen molar-refractivity contribution in [3.63, 3.8) is 0 Å². The van der Waals surface area contributed by atoms with E-state index in [-0.39, 0.29) is 5.91 Å². The number of carbonyl (C=O) groups is 1. The van der Waals surface area contributed by atoms with Crippen molar-refractivity contribution in [2.24, 2.45) is 0 Å². The highest BCUT2D eigenvalue weighted by Gasteiger charge is 2.28. The molecule has 2 aromatic carbocycles. The lowest BCUT2D eigenvalue weighted by Gasteiger charge is -2.11. The van der Waals surface area contributed by atoms with E-state index in [0.717, 1.165) is 22.4 Å². The second-order valence-electron chi connectivity index (χ2n) is 4.35. The van der Waals surface area contributed by atoms with Gasteiger partial charge in [0, 0.05) is 18.2 Å². The molecule has 2 heteroatoms. The van der Waals surface area contributed by atoms with Crippen LogP contribution < -0.4 is 0 Å². The Kier molecular flexibility index (Phi) is 2.49. The highest BCUT2D eigenvalue weighted by Crippen LogP contribution is 2.32. The van der Waals surface area contributed by atoms with E-state index in [4.69, 9.17) is 0 Å². The van der Waals surface area contributed by atoms with Gasteiger partial charge >= 0.3 is 0 Å². The van der Waals surface area contributed by atoms with Gasteiger partial charge in [0.1, 0.15) is 0 Å². The molecular weight excluding hydrogens is 222 g/mol. The fraction of sp³-hybridized carbons (Fsp3) is 0.0625. The van der Waals surface area contributed by atoms with Crippen molar-refractivity contribution in [1.29, 1.82) is 0 Å². The summed E-state index contributed by atoms with van der Waals surface area (Å²) in [5, 5.41) is 0. The number of fused-ring (bicyclic) bond motifs is 1. The smallest absolute Gasteiger partial charge is 0.258 e. The first-order valence-electron chi connectivity index (χ1n) is 5.91. The highest BCUT2D eigenvalue weighted by molar-refractivity contribution is 6.11. The van der Waals surface area contributed by atoms with Crippen LogP contribution in [0.5, 0.6) is 0 Å². The molecule has 0 saturated heterocycles. The van der Waals surface area contributed by atoms with Crippen LogP contribution in [-0.4, -0.2) is 17.9 Å². The van der Waals surface area contributed by atoms with Crippen LogP contribution in [0.25, 0.3) is 11.8 Å². The van der Waals surface area contributed by atoms with Crippen molar-refractivity contribution in [3.8, 4) is 0 Å². The summed E-state index contributed by atoms with van der Waals surface area (Å²) in [5.74, 6) is 0.0628. The molecule has 0 unspecified atom stereocenters. The van der Waals surface area contributed by atoms with Crippen LogP contribution in [0.15, 0.2) is 54.6 Å². The van der Waals surface area contributed by atoms with Crippen molar-refractivity contribution in [2.75, 3.05) is 7.05 Å². The minimum atomic E-state index is 0.0628. The molecular formula is C16H13NO. The fourth-order valence-electron chi connectivity index (χ4n) is 2.25. The molecule has 0 spiro atoms. The molecule has 1 heterocycles. The van der Waals surface area contributed by atoms with Gasteiger partial charge in [0.25, 0.3) is 5.91 Å². The first-order valence-corrected chi connectivity index (χ1v) is 5.91. The van der Waals surface area contributed by atoms with Gasteiger partial charge in [0.15, 0.2) is 0 Å². The summed E-state index contributed by atoms with van der Waals surface area (Å²) in [7, 11) is 1.82. The van der Waals surface area contributed by atoms with Crippen LogP contribution in [-0.2, 0) is 0 Å². The molecule has 18 heavy (non-hydrogen) atoms. The van der Waals surface area contributed by atoms with Crippen LogP contribution in [0.4, 0.5) is 0 Å². The Hall–Kier alpha value is -2.35. The molecule has 0 fully saturated rings. The first kappa shape index (κ1) is 10.8. The lowest BCUT2D eigenvalue weighted by Crippen LogP contribution is -2.16. The molecule has 0 atom stereocenters. The van der Waals surface area contributed by atoms with Gasteiger partial charge in [-0.25, -0.2) is 0 Å². The molecule has 3 rings (SSSR count). The van der Waals surface area contributed by atoms with Gasteiger partial charge in [0.2, 0.25) is 0 Å². The quantitative estimate of drug-likeness (QED) is 0.743. The zero-order valence-corrected chi connectivity index (χ0v) is 10.1. The normalized spacial score (nSPS) is 16.2. The molecule has 0 bridgehead atoms. The zero-order chi connectivity index (χ0) is 12.5. The third-order valence-electron chi connectivity index (χ3n) is 3.20. The molecule has 0 saturated carbocycles. The third kappa shape index (κ3) is 1.63. The third-order valence-corrected chi connectivity index (χ3v) is 3.20. The number of nitrogens with zero attached hydrogens (tertiary/aromatic N) is 1. The summed E-state index contributed by atoms with van der Waals surface area (Å²) >= 11 is 0. The van der Waals surface area contributed by atoms with Crippen LogP contribution in [0.1, 0.15) is 21.5 Å². The van der Waals surface area contributed by atoms with Crippen LogP contribution in [0, 0.1) is 0 Å². The largest absolute Gasteiger partial charge is 0.311 e. The van der Waals surface area contributed by atoms with Gasteiger partial charge in [-0.2, -0.15) is 0 Å². The Morgan fingerprint density at radius 1 is 0.889 bits per heavy atom. The maximum Gasteiger partial charge on any atom is 0.258 e. The molecule has 1 amide bonds. The molecule has 2 aromatic rings. The predicted molar refractivity (Wildman–Crippen MR) is 72.8 cm³/mol. The Balaban J connectivity index is 2.14. The van der Waals surface area contributed by atoms with Crippen LogP contribution in [0.3, 0.4) is 0 Å². The van der Waals surface area contributed by atoms with E-state index in [9.17, 15) is 4.79 Å². The maximum absolute atomic E-state index is 12.1. The van der Waals surface area contributed by atoms with Crippen molar-refractivity contribution >= 4 is 17.7 Å². The average Bonchev–Trinajstić information content (AvgIpc) is 2.66. The summed E-state index contributed by atoms with van der Waals surface area (Å²) in [6.45, 7) is 0.